The Kier molecular flexibility index (Phi) is 7.65. The van der Waals surface area contributed by atoms with Crippen molar-refractivity contribution in [2.24, 2.45) is 11.5 Å². The minimum absolute atomic E-state index is 0.309. The SMILES string of the molecule is CC(=O)O.NCCCn1nc2c(c1C(=O)O)CCc1c[n+](CCCN)ccc1-2. The molecule has 0 saturated heterocycles. The summed E-state index contributed by atoms with van der Waals surface area (Å²) in [6, 6.07) is 2.04. The molecule has 0 bridgehead atoms. The van der Waals surface area contributed by atoms with Gasteiger partial charge >= 0.3 is 5.97 Å². The molecule has 9 nitrogen and oxygen atoms in total. The summed E-state index contributed by atoms with van der Waals surface area (Å²) in [7, 11) is 0. The van der Waals surface area contributed by atoms with E-state index < -0.39 is 11.9 Å². The normalized spacial score (nSPS) is 11.8. The minimum atomic E-state index is -0.918. The van der Waals surface area contributed by atoms with Gasteiger partial charge in [-0.25, -0.2) is 9.36 Å². The van der Waals surface area contributed by atoms with E-state index in [-0.39, 0.29) is 0 Å². The molecule has 0 unspecified atom stereocenters. The maximum Gasteiger partial charge on any atom is 0.354 e. The summed E-state index contributed by atoms with van der Waals surface area (Å²) in [5, 5.41) is 21.6. The number of aromatic nitrogens is 3. The zero-order chi connectivity index (χ0) is 20.7. The van der Waals surface area contributed by atoms with Gasteiger partial charge in [0.2, 0.25) is 0 Å². The van der Waals surface area contributed by atoms with Crippen LogP contribution in [-0.4, -0.2) is 45.0 Å². The second kappa shape index (κ2) is 9.95. The molecule has 2 aromatic heterocycles. The van der Waals surface area contributed by atoms with Crippen molar-refractivity contribution in [3.8, 4) is 11.3 Å². The summed E-state index contributed by atoms with van der Waals surface area (Å²) in [6.07, 6.45) is 7.32. The van der Waals surface area contributed by atoms with E-state index in [4.69, 9.17) is 21.4 Å². The quantitative estimate of drug-likeness (QED) is 0.501. The maximum absolute atomic E-state index is 11.7. The molecule has 0 aromatic carbocycles. The van der Waals surface area contributed by atoms with Gasteiger partial charge < -0.3 is 21.7 Å². The lowest BCUT2D eigenvalue weighted by Gasteiger charge is -2.14. The van der Waals surface area contributed by atoms with Crippen molar-refractivity contribution in [2.45, 2.75) is 45.7 Å². The number of carboxylic acids is 2. The Bertz CT molecular complexity index is 843. The van der Waals surface area contributed by atoms with Crippen LogP contribution < -0.4 is 16.0 Å². The van der Waals surface area contributed by atoms with Gasteiger partial charge in [-0.2, -0.15) is 5.10 Å². The Hall–Kier alpha value is -2.78. The van der Waals surface area contributed by atoms with Gasteiger partial charge in [0.05, 0.1) is 5.69 Å². The lowest BCUT2D eigenvalue weighted by Crippen LogP contribution is -2.35. The summed E-state index contributed by atoms with van der Waals surface area (Å²) < 4.78 is 3.74. The molecular weight excluding hydrogens is 362 g/mol. The zero-order valence-electron chi connectivity index (χ0n) is 16.1. The van der Waals surface area contributed by atoms with Gasteiger partial charge in [-0.15, -0.1) is 0 Å². The molecule has 1 aliphatic rings. The van der Waals surface area contributed by atoms with Crippen LogP contribution in [0, 0.1) is 0 Å². The molecule has 3 rings (SSSR count). The van der Waals surface area contributed by atoms with E-state index in [1.54, 1.807) is 4.68 Å². The van der Waals surface area contributed by atoms with Crippen LogP contribution in [-0.2, 0) is 30.7 Å². The average Bonchev–Trinajstić information content (AvgIpc) is 3.02. The molecule has 0 aliphatic heterocycles. The number of fused-ring (bicyclic) bond motifs is 3. The molecule has 2 aromatic rings. The van der Waals surface area contributed by atoms with Gasteiger partial charge in [-0.05, 0) is 32.4 Å². The monoisotopic (exact) mass is 390 g/mol. The fraction of sp³-hybridized carbons (Fsp3) is 0.474. The fourth-order valence-corrected chi connectivity index (χ4v) is 3.29. The van der Waals surface area contributed by atoms with Crippen molar-refractivity contribution in [1.82, 2.24) is 9.78 Å². The Morgan fingerprint density at radius 1 is 1.21 bits per heavy atom. The highest BCUT2D eigenvalue weighted by molar-refractivity contribution is 5.90. The van der Waals surface area contributed by atoms with Crippen LogP contribution in [0.1, 0.15) is 41.4 Å². The van der Waals surface area contributed by atoms with E-state index in [0.717, 1.165) is 43.1 Å². The molecule has 2 heterocycles. The number of pyridine rings is 1. The van der Waals surface area contributed by atoms with E-state index in [9.17, 15) is 9.90 Å². The number of carboxylic acid groups (broad SMARTS) is 2. The van der Waals surface area contributed by atoms with Gasteiger partial charge in [0, 0.05) is 42.6 Å². The van der Waals surface area contributed by atoms with Crippen molar-refractivity contribution < 1.29 is 24.4 Å². The van der Waals surface area contributed by atoms with Crippen molar-refractivity contribution in [3.63, 3.8) is 0 Å². The van der Waals surface area contributed by atoms with E-state index in [0.29, 0.717) is 38.2 Å². The van der Waals surface area contributed by atoms with Crippen LogP contribution in [0.4, 0.5) is 0 Å². The summed E-state index contributed by atoms with van der Waals surface area (Å²) in [5.41, 5.74) is 15.3. The van der Waals surface area contributed by atoms with Gasteiger partial charge in [0.25, 0.3) is 5.97 Å². The molecule has 0 amide bonds. The van der Waals surface area contributed by atoms with Gasteiger partial charge in [-0.1, -0.05) is 0 Å². The van der Waals surface area contributed by atoms with Crippen molar-refractivity contribution in [2.75, 3.05) is 13.1 Å². The van der Waals surface area contributed by atoms with Crippen LogP contribution in [0.5, 0.6) is 0 Å². The Labute approximate surface area is 163 Å². The first-order valence-electron chi connectivity index (χ1n) is 9.34. The number of hydrogen-bond donors (Lipinski definition) is 4. The molecule has 6 N–H and O–H groups in total. The van der Waals surface area contributed by atoms with Crippen molar-refractivity contribution in [1.29, 1.82) is 0 Å². The molecule has 0 fully saturated rings. The maximum atomic E-state index is 11.7. The molecule has 0 saturated carbocycles. The van der Waals surface area contributed by atoms with Gasteiger partial charge in [0.1, 0.15) is 12.2 Å². The number of nitrogens with zero attached hydrogens (tertiary/aromatic N) is 3. The molecule has 152 valence electrons. The second-order valence-electron chi connectivity index (χ2n) is 6.63. The number of aromatic carboxylic acids is 1. The first kappa shape index (κ1) is 21.5. The predicted molar refractivity (Wildman–Crippen MR) is 103 cm³/mol. The molecule has 28 heavy (non-hydrogen) atoms. The number of rotatable bonds is 7. The molecule has 1 aliphatic carbocycles. The fourth-order valence-electron chi connectivity index (χ4n) is 3.29. The van der Waals surface area contributed by atoms with Crippen LogP contribution >= 0.6 is 0 Å². The lowest BCUT2D eigenvalue weighted by molar-refractivity contribution is -0.697. The number of nitrogens with two attached hydrogens (primary N) is 2. The highest BCUT2D eigenvalue weighted by Crippen LogP contribution is 2.33. The molecule has 9 heteroatoms. The van der Waals surface area contributed by atoms with Gasteiger partial charge in [0.15, 0.2) is 12.4 Å². The number of carbonyl (C=O) groups is 2. The number of aryl methyl sites for hydroxylation is 3. The summed E-state index contributed by atoms with van der Waals surface area (Å²) >= 11 is 0. The smallest absolute Gasteiger partial charge is 0.354 e. The summed E-state index contributed by atoms with van der Waals surface area (Å²) in [5.74, 6) is -1.75. The molecule has 0 atom stereocenters. The summed E-state index contributed by atoms with van der Waals surface area (Å²) in [6.45, 7) is 3.69. The van der Waals surface area contributed by atoms with Gasteiger partial charge in [-0.3, -0.25) is 9.48 Å². The Balaban J connectivity index is 0.000000640. The first-order valence-corrected chi connectivity index (χ1v) is 9.34. The highest BCUT2D eigenvalue weighted by Gasteiger charge is 2.29. The third kappa shape index (κ3) is 5.14. The lowest BCUT2D eigenvalue weighted by atomic mass is 9.90. The second-order valence-corrected chi connectivity index (χ2v) is 6.63. The Morgan fingerprint density at radius 2 is 1.89 bits per heavy atom. The largest absolute Gasteiger partial charge is 0.481 e. The minimum Gasteiger partial charge on any atom is -0.481 e. The highest BCUT2D eigenvalue weighted by atomic mass is 16.4. The Morgan fingerprint density at radius 3 is 2.50 bits per heavy atom. The number of hydrogen-bond acceptors (Lipinski definition) is 5. The van der Waals surface area contributed by atoms with Crippen LogP contribution in [0.25, 0.3) is 11.3 Å². The van der Waals surface area contributed by atoms with Crippen LogP contribution in [0.3, 0.4) is 0 Å². The number of aliphatic carboxylic acids is 1. The standard InChI is InChI=1S/C17H23N5O2.C2H4O2/c18-6-1-8-21-10-5-13-12(11-21)3-4-14-15(13)20-22(9-2-7-19)16(14)17(23)24;1-2(3)4/h5,10-11H,1-4,6-9,18-19H2;1H3,(H,3,4)/p+1. The topological polar surface area (TPSA) is 148 Å². The average molecular weight is 390 g/mol. The van der Waals surface area contributed by atoms with Crippen molar-refractivity contribution >= 4 is 11.9 Å². The van der Waals surface area contributed by atoms with Crippen LogP contribution in [0.15, 0.2) is 18.5 Å². The third-order valence-corrected chi connectivity index (χ3v) is 4.45. The molecule has 0 spiro atoms. The first-order chi connectivity index (χ1) is 13.4. The van der Waals surface area contributed by atoms with E-state index in [1.165, 1.54) is 5.56 Å². The zero-order valence-corrected chi connectivity index (χ0v) is 16.1. The van der Waals surface area contributed by atoms with E-state index >= 15 is 0 Å². The summed E-state index contributed by atoms with van der Waals surface area (Å²) in [4.78, 5) is 20.7. The third-order valence-electron chi connectivity index (χ3n) is 4.45. The molecular formula is C19H28N5O4+. The predicted octanol–water partition coefficient (Wildman–Crippen LogP) is 0.423. The molecule has 0 radical (unpaired) electrons. The van der Waals surface area contributed by atoms with E-state index in [2.05, 4.69) is 15.9 Å². The van der Waals surface area contributed by atoms with E-state index in [1.807, 2.05) is 12.3 Å². The van der Waals surface area contributed by atoms with Crippen molar-refractivity contribution in [3.05, 3.63) is 35.3 Å². The van der Waals surface area contributed by atoms with Crippen LogP contribution in [0.2, 0.25) is 0 Å².